The number of carbonyl (C=O) groups is 1. The number of amides is 1. The third-order valence-corrected chi connectivity index (χ3v) is 3.68. The van der Waals surface area contributed by atoms with Crippen molar-refractivity contribution in [1.29, 1.82) is 0 Å². The summed E-state index contributed by atoms with van der Waals surface area (Å²) in [5.41, 5.74) is 3.62. The van der Waals surface area contributed by atoms with Gasteiger partial charge >= 0.3 is 0 Å². The van der Waals surface area contributed by atoms with Crippen LogP contribution in [0.25, 0.3) is 11.1 Å². The van der Waals surface area contributed by atoms with Gasteiger partial charge in [0.25, 0.3) is 10.7 Å². The van der Waals surface area contributed by atoms with Crippen molar-refractivity contribution in [2.75, 3.05) is 11.9 Å². The van der Waals surface area contributed by atoms with Crippen LogP contribution in [-0.2, 0) is 11.8 Å². The van der Waals surface area contributed by atoms with E-state index in [-0.39, 0.29) is 12.5 Å². The lowest BCUT2D eigenvalue weighted by atomic mass is 10.3. The number of nitrogens with zero attached hydrogens (tertiary/aromatic N) is 2. The molecule has 2 heterocycles. The van der Waals surface area contributed by atoms with Crippen LogP contribution in [0.5, 0.6) is 5.75 Å². The standard InChI is InChI=1S/C15H16N4O3S/c1-8-14(9(2)19(3)18-8)21-7-13(20)16-10-4-5-11-12(6-10)22-15(23)17-11/h4-6H,7H2,1-3H3,(H,16,20)(H,17,23). The lowest BCUT2D eigenvalue weighted by molar-refractivity contribution is -0.118. The summed E-state index contributed by atoms with van der Waals surface area (Å²) >= 11 is 4.93. The van der Waals surface area contributed by atoms with Crippen LogP contribution in [0.3, 0.4) is 0 Å². The maximum absolute atomic E-state index is 12.0. The second-order valence-electron chi connectivity index (χ2n) is 5.19. The zero-order valence-corrected chi connectivity index (χ0v) is 13.8. The maximum Gasteiger partial charge on any atom is 0.266 e. The zero-order valence-electron chi connectivity index (χ0n) is 13.0. The molecule has 0 saturated heterocycles. The minimum Gasteiger partial charge on any atom is -0.480 e. The van der Waals surface area contributed by atoms with E-state index in [2.05, 4.69) is 15.4 Å². The fourth-order valence-corrected chi connectivity index (χ4v) is 2.52. The summed E-state index contributed by atoms with van der Waals surface area (Å²) < 4.78 is 12.6. The van der Waals surface area contributed by atoms with Gasteiger partial charge in [-0.25, -0.2) is 0 Å². The molecule has 0 saturated carbocycles. The van der Waals surface area contributed by atoms with E-state index in [0.717, 1.165) is 16.9 Å². The van der Waals surface area contributed by atoms with Crippen LogP contribution in [0.2, 0.25) is 0 Å². The number of benzene rings is 1. The number of hydrogen-bond donors (Lipinski definition) is 2. The number of rotatable bonds is 4. The summed E-state index contributed by atoms with van der Waals surface area (Å²) in [5.74, 6) is 0.371. The number of nitrogens with one attached hydrogen (secondary N) is 2. The fourth-order valence-electron chi connectivity index (χ4n) is 2.32. The third kappa shape index (κ3) is 3.11. The molecule has 0 aliphatic rings. The van der Waals surface area contributed by atoms with Crippen LogP contribution in [0.15, 0.2) is 22.6 Å². The Morgan fingerprint density at radius 2 is 2.26 bits per heavy atom. The zero-order chi connectivity index (χ0) is 16.6. The molecule has 3 aromatic rings. The van der Waals surface area contributed by atoms with E-state index < -0.39 is 0 Å². The van der Waals surface area contributed by atoms with Crippen molar-refractivity contribution in [3.8, 4) is 5.75 Å². The fraction of sp³-hybridized carbons (Fsp3) is 0.267. The van der Waals surface area contributed by atoms with Crippen LogP contribution in [0.1, 0.15) is 11.4 Å². The monoisotopic (exact) mass is 332 g/mol. The van der Waals surface area contributed by atoms with Crippen molar-refractivity contribution in [2.24, 2.45) is 7.05 Å². The molecule has 0 bridgehead atoms. The smallest absolute Gasteiger partial charge is 0.266 e. The molecule has 0 aliphatic heterocycles. The van der Waals surface area contributed by atoms with Gasteiger partial charge in [0.05, 0.1) is 11.2 Å². The third-order valence-electron chi connectivity index (χ3n) is 3.49. The Morgan fingerprint density at radius 1 is 1.48 bits per heavy atom. The molecular weight excluding hydrogens is 316 g/mol. The van der Waals surface area contributed by atoms with E-state index in [1.807, 2.05) is 20.9 Å². The number of aromatic nitrogens is 3. The van der Waals surface area contributed by atoms with E-state index in [1.165, 1.54) is 0 Å². The molecule has 8 heteroatoms. The van der Waals surface area contributed by atoms with Gasteiger partial charge in [-0.1, -0.05) is 0 Å². The van der Waals surface area contributed by atoms with Crippen molar-refractivity contribution >= 4 is 34.9 Å². The first-order chi connectivity index (χ1) is 10.9. The topological polar surface area (TPSA) is 85.1 Å². The normalized spacial score (nSPS) is 10.9. The van der Waals surface area contributed by atoms with Crippen LogP contribution in [0, 0.1) is 18.7 Å². The SMILES string of the molecule is Cc1nn(C)c(C)c1OCC(=O)Nc1ccc2[nH]c(=S)oc2c1. The Kier molecular flexibility index (Phi) is 3.91. The van der Waals surface area contributed by atoms with Crippen molar-refractivity contribution in [2.45, 2.75) is 13.8 Å². The van der Waals surface area contributed by atoms with Gasteiger partial charge in [-0.3, -0.25) is 9.48 Å². The van der Waals surface area contributed by atoms with Crippen LogP contribution in [-0.4, -0.2) is 27.3 Å². The number of ether oxygens (including phenoxy) is 1. The summed E-state index contributed by atoms with van der Waals surface area (Å²) in [6.45, 7) is 3.64. The minimum atomic E-state index is -0.263. The summed E-state index contributed by atoms with van der Waals surface area (Å²) in [4.78, 5) is 15.2. The number of carbonyl (C=O) groups excluding carboxylic acids is 1. The summed E-state index contributed by atoms with van der Waals surface area (Å²) in [6, 6.07) is 5.27. The molecule has 1 amide bonds. The molecule has 2 aromatic heterocycles. The van der Waals surface area contributed by atoms with Gasteiger partial charge in [-0.05, 0) is 38.2 Å². The van der Waals surface area contributed by atoms with E-state index in [0.29, 0.717) is 21.9 Å². The second kappa shape index (κ2) is 5.88. The van der Waals surface area contributed by atoms with Gasteiger partial charge in [-0.2, -0.15) is 5.10 Å². The molecular formula is C15H16N4O3S. The molecule has 1 aromatic carbocycles. The number of H-pyrrole nitrogens is 1. The average molecular weight is 332 g/mol. The molecule has 0 atom stereocenters. The van der Waals surface area contributed by atoms with Crippen LogP contribution in [0.4, 0.5) is 5.69 Å². The molecule has 0 radical (unpaired) electrons. The van der Waals surface area contributed by atoms with Gasteiger partial charge in [-0.15, -0.1) is 0 Å². The first-order valence-corrected chi connectivity index (χ1v) is 7.40. The quantitative estimate of drug-likeness (QED) is 0.718. The largest absolute Gasteiger partial charge is 0.480 e. The van der Waals surface area contributed by atoms with Crippen molar-refractivity contribution < 1.29 is 13.9 Å². The number of fused-ring (bicyclic) bond motifs is 1. The summed E-state index contributed by atoms with van der Waals surface area (Å²) in [6.07, 6.45) is 0. The number of oxazole rings is 1. The van der Waals surface area contributed by atoms with Gasteiger partial charge in [0.2, 0.25) is 0 Å². The Morgan fingerprint density at radius 3 is 2.96 bits per heavy atom. The van der Waals surface area contributed by atoms with E-state index in [1.54, 1.807) is 22.9 Å². The minimum absolute atomic E-state index is 0.0953. The Bertz CT molecular complexity index is 938. The lowest BCUT2D eigenvalue weighted by Gasteiger charge is -2.07. The van der Waals surface area contributed by atoms with Crippen LogP contribution >= 0.6 is 12.2 Å². The number of aromatic amines is 1. The van der Waals surface area contributed by atoms with Gasteiger partial charge in [0, 0.05) is 18.8 Å². The highest BCUT2D eigenvalue weighted by atomic mass is 32.1. The first kappa shape index (κ1) is 15.3. The predicted octanol–water partition coefficient (Wildman–Crippen LogP) is 2.86. The Hall–Kier alpha value is -2.61. The Balaban J connectivity index is 1.67. The van der Waals surface area contributed by atoms with E-state index in [9.17, 15) is 4.79 Å². The van der Waals surface area contributed by atoms with E-state index in [4.69, 9.17) is 21.4 Å². The van der Waals surface area contributed by atoms with Crippen molar-refractivity contribution in [3.05, 3.63) is 34.4 Å². The molecule has 0 fully saturated rings. The second-order valence-corrected chi connectivity index (χ2v) is 5.56. The molecule has 23 heavy (non-hydrogen) atoms. The van der Waals surface area contributed by atoms with Crippen molar-refractivity contribution in [3.63, 3.8) is 0 Å². The molecule has 0 unspecified atom stereocenters. The summed E-state index contributed by atoms with van der Waals surface area (Å²) in [7, 11) is 1.83. The van der Waals surface area contributed by atoms with Crippen LogP contribution < -0.4 is 10.1 Å². The molecule has 3 rings (SSSR count). The molecule has 0 spiro atoms. The maximum atomic E-state index is 12.0. The van der Waals surface area contributed by atoms with Crippen molar-refractivity contribution in [1.82, 2.24) is 14.8 Å². The lowest BCUT2D eigenvalue weighted by Crippen LogP contribution is -2.20. The van der Waals surface area contributed by atoms with Gasteiger partial charge in [0.1, 0.15) is 5.69 Å². The highest BCUT2D eigenvalue weighted by molar-refractivity contribution is 7.71. The van der Waals surface area contributed by atoms with Gasteiger partial charge in [0.15, 0.2) is 17.9 Å². The molecule has 120 valence electrons. The first-order valence-electron chi connectivity index (χ1n) is 7.00. The highest BCUT2D eigenvalue weighted by Gasteiger charge is 2.13. The number of anilines is 1. The Labute approximate surface area is 137 Å². The number of aryl methyl sites for hydroxylation is 2. The molecule has 2 N–H and O–H groups in total. The molecule has 7 nitrogen and oxygen atoms in total. The molecule has 0 aliphatic carbocycles. The summed E-state index contributed by atoms with van der Waals surface area (Å²) in [5, 5.41) is 7.00. The average Bonchev–Trinajstić information content (AvgIpc) is 2.96. The number of hydrogen-bond acceptors (Lipinski definition) is 5. The predicted molar refractivity (Wildman–Crippen MR) is 88.2 cm³/mol. The highest BCUT2D eigenvalue weighted by Crippen LogP contribution is 2.22. The van der Waals surface area contributed by atoms with Gasteiger partial charge < -0.3 is 19.5 Å². The van der Waals surface area contributed by atoms with E-state index >= 15 is 0 Å².